The molecule has 6 heteroatoms. The van der Waals surface area contributed by atoms with E-state index in [1.807, 2.05) is 37.7 Å². The van der Waals surface area contributed by atoms with E-state index >= 15 is 0 Å². The molecule has 1 aliphatic rings. The van der Waals surface area contributed by atoms with Crippen molar-refractivity contribution in [1.82, 2.24) is 20.0 Å². The van der Waals surface area contributed by atoms with E-state index < -0.39 is 0 Å². The van der Waals surface area contributed by atoms with Gasteiger partial charge < -0.3 is 20.0 Å². The van der Waals surface area contributed by atoms with Crippen LogP contribution in [0.5, 0.6) is 0 Å². The van der Waals surface area contributed by atoms with Crippen LogP contribution >= 0.6 is 0 Å². The lowest BCUT2D eigenvalue weighted by Gasteiger charge is -2.35. The second kappa shape index (κ2) is 7.33. The molecule has 0 radical (unpaired) electrons. The van der Waals surface area contributed by atoms with Crippen molar-refractivity contribution < 1.29 is 9.59 Å². The molecule has 1 rings (SSSR count). The minimum absolute atomic E-state index is 0.0320. The Balaban J connectivity index is 2.32. The second-order valence-electron chi connectivity index (χ2n) is 5.53. The van der Waals surface area contributed by atoms with Crippen LogP contribution < -0.4 is 5.32 Å². The molecular weight excluding hydrogens is 244 g/mol. The van der Waals surface area contributed by atoms with Gasteiger partial charge in [0.1, 0.15) is 0 Å². The highest BCUT2D eigenvalue weighted by molar-refractivity contribution is 5.78. The molecule has 1 aliphatic heterocycles. The third kappa shape index (κ3) is 5.46. The summed E-state index contributed by atoms with van der Waals surface area (Å²) in [5.74, 6) is 0.178. The van der Waals surface area contributed by atoms with Gasteiger partial charge in [0.15, 0.2) is 0 Å². The Bertz CT molecular complexity index is 310. The number of hydrogen-bond acceptors (Lipinski definition) is 3. The van der Waals surface area contributed by atoms with E-state index in [0.717, 1.165) is 6.54 Å². The molecule has 0 spiro atoms. The van der Waals surface area contributed by atoms with E-state index in [0.29, 0.717) is 32.6 Å². The highest BCUT2D eigenvalue weighted by Gasteiger charge is 2.23. The minimum atomic E-state index is -0.0320. The molecule has 0 unspecified atom stereocenters. The maximum Gasteiger partial charge on any atom is 0.317 e. The molecule has 1 saturated heterocycles. The van der Waals surface area contributed by atoms with Gasteiger partial charge in [-0.05, 0) is 27.9 Å². The van der Waals surface area contributed by atoms with Gasteiger partial charge in [-0.15, -0.1) is 0 Å². The van der Waals surface area contributed by atoms with Crippen LogP contribution in [0.15, 0.2) is 0 Å². The fraction of sp³-hybridized carbons (Fsp3) is 0.846. The molecule has 0 aliphatic carbocycles. The third-order valence-corrected chi connectivity index (χ3v) is 3.10. The van der Waals surface area contributed by atoms with Gasteiger partial charge in [-0.3, -0.25) is 4.79 Å². The zero-order chi connectivity index (χ0) is 14.4. The molecule has 3 amide bonds. The van der Waals surface area contributed by atoms with Crippen molar-refractivity contribution in [2.45, 2.75) is 26.3 Å². The summed E-state index contributed by atoms with van der Waals surface area (Å²) in [4.78, 5) is 29.4. The van der Waals surface area contributed by atoms with Crippen molar-refractivity contribution in [2.24, 2.45) is 0 Å². The number of hydrogen-bond donors (Lipinski definition) is 1. The standard InChI is InChI=1S/C13H26N4O2/c1-11(2)14-13(19)17-9-7-16(8-10-17)12(18)5-6-15(3)4/h11H,5-10H2,1-4H3,(H,14,19). The first-order valence-corrected chi connectivity index (χ1v) is 6.88. The van der Waals surface area contributed by atoms with E-state index in [1.54, 1.807) is 4.90 Å². The van der Waals surface area contributed by atoms with Crippen LogP contribution in [0.25, 0.3) is 0 Å². The van der Waals surface area contributed by atoms with E-state index in [9.17, 15) is 9.59 Å². The molecule has 1 fully saturated rings. The molecule has 0 aromatic carbocycles. The average Bonchev–Trinajstić information content (AvgIpc) is 2.35. The number of amides is 3. The second-order valence-corrected chi connectivity index (χ2v) is 5.53. The molecule has 0 saturated carbocycles. The monoisotopic (exact) mass is 270 g/mol. The van der Waals surface area contributed by atoms with E-state index in [4.69, 9.17) is 0 Å². The van der Waals surface area contributed by atoms with Crippen molar-refractivity contribution >= 4 is 11.9 Å². The van der Waals surface area contributed by atoms with E-state index in [-0.39, 0.29) is 18.0 Å². The fourth-order valence-electron chi connectivity index (χ4n) is 1.97. The first-order chi connectivity index (χ1) is 8.90. The maximum absolute atomic E-state index is 11.9. The highest BCUT2D eigenvalue weighted by atomic mass is 16.2. The van der Waals surface area contributed by atoms with Crippen molar-refractivity contribution in [1.29, 1.82) is 0 Å². The van der Waals surface area contributed by atoms with Crippen molar-refractivity contribution in [3.05, 3.63) is 0 Å². The summed E-state index contributed by atoms with van der Waals surface area (Å²) in [6.07, 6.45) is 0.547. The molecule has 0 atom stereocenters. The molecule has 6 nitrogen and oxygen atoms in total. The SMILES string of the molecule is CC(C)NC(=O)N1CCN(C(=O)CCN(C)C)CC1. The van der Waals surface area contributed by atoms with Gasteiger partial charge in [-0.25, -0.2) is 4.79 Å². The summed E-state index contributed by atoms with van der Waals surface area (Å²) >= 11 is 0. The molecule has 1 heterocycles. The largest absolute Gasteiger partial charge is 0.339 e. The number of carbonyl (C=O) groups excluding carboxylic acids is 2. The first kappa shape index (κ1) is 15.8. The van der Waals surface area contributed by atoms with Crippen LogP contribution in [0.4, 0.5) is 4.79 Å². The maximum atomic E-state index is 11.9. The van der Waals surface area contributed by atoms with Crippen molar-refractivity contribution in [3.63, 3.8) is 0 Å². The van der Waals surface area contributed by atoms with Gasteiger partial charge in [-0.1, -0.05) is 0 Å². The summed E-state index contributed by atoms with van der Waals surface area (Å²) in [5, 5.41) is 2.87. The predicted octanol–water partition coefficient (Wildman–Crippen LogP) is 0.200. The summed E-state index contributed by atoms with van der Waals surface area (Å²) < 4.78 is 0. The third-order valence-electron chi connectivity index (χ3n) is 3.10. The lowest BCUT2D eigenvalue weighted by molar-refractivity contribution is -0.132. The molecule has 110 valence electrons. The topological polar surface area (TPSA) is 55.9 Å². The summed E-state index contributed by atoms with van der Waals surface area (Å²) in [6.45, 7) is 7.17. The van der Waals surface area contributed by atoms with Gasteiger partial charge in [0.05, 0.1) is 0 Å². The molecule has 0 aromatic rings. The zero-order valence-electron chi connectivity index (χ0n) is 12.5. The Labute approximate surface area is 115 Å². The molecular formula is C13H26N4O2. The van der Waals surface area contributed by atoms with Crippen LogP contribution in [0, 0.1) is 0 Å². The molecule has 0 aromatic heterocycles. The van der Waals surface area contributed by atoms with Gasteiger partial charge in [0.2, 0.25) is 5.91 Å². The van der Waals surface area contributed by atoms with Crippen LogP contribution in [0.2, 0.25) is 0 Å². The van der Waals surface area contributed by atoms with Gasteiger partial charge >= 0.3 is 6.03 Å². The number of nitrogens with one attached hydrogen (secondary N) is 1. The smallest absolute Gasteiger partial charge is 0.317 e. The number of nitrogens with zero attached hydrogens (tertiary/aromatic N) is 3. The van der Waals surface area contributed by atoms with Crippen LogP contribution in [0.1, 0.15) is 20.3 Å². The predicted molar refractivity (Wildman–Crippen MR) is 75.0 cm³/mol. The zero-order valence-corrected chi connectivity index (χ0v) is 12.5. The number of piperazine rings is 1. The van der Waals surface area contributed by atoms with Crippen molar-refractivity contribution in [2.75, 3.05) is 46.8 Å². The number of urea groups is 1. The Kier molecular flexibility index (Phi) is 6.08. The van der Waals surface area contributed by atoms with Crippen LogP contribution in [0.3, 0.4) is 0 Å². The van der Waals surface area contributed by atoms with Crippen molar-refractivity contribution in [3.8, 4) is 0 Å². The highest BCUT2D eigenvalue weighted by Crippen LogP contribution is 2.04. The lowest BCUT2D eigenvalue weighted by atomic mass is 10.2. The van der Waals surface area contributed by atoms with E-state index in [2.05, 4.69) is 5.32 Å². The quantitative estimate of drug-likeness (QED) is 0.794. The average molecular weight is 270 g/mol. The Morgan fingerprint density at radius 2 is 1.63 bits per heavy atom. The molecule has 0 bridgehead atoms. The van der Waals surface area contributed by atoms with Gasteiger partial charge in [0, 0.05) is 45.2 Å². The van der Waals surface area contributed by atoms with Gasteiger partial charge in [-0.2, -0.15) is 0 Å². The summed E-state index contributed by atoms with van der Waals surface area (Å²) in [5.41, 5.74) is 0. The Morgan fingerprint density at radius 1 is 1.11 bits per heavy atom. The molecule has 19 heavy (non-hydrogen) atoms. The normalized spacial score (nSPS) is 16.1. The van der Waals surface area contributed by atoms with E-state index in [1.165, 1.54) is 0 Å². The first-order valence-electron chi connectivity index (χ1n) is 6.88. The number of rotatable bonds is 4. The Morgan fingerprint density at radius 3 is 2.11 bits per heavy atom. The summed E-state index contributed by atoms with van der Waals surface area (Å²) in [6, 6.07) is 0.114. The van der Waals surface area contributed by atoms with Crippen LogP contribution in [-0.2, 0) is 4.79 Å². The lowest BCUT2D eigenvalue weighted by Crippen LogP contribution is -2.54. The summed E-state index contributed by atoms with van der Waals surface area (Å²) in [7, 11) is 3.92. The number of carbonyl (C=O) groups is 2. The fourth-order valence-corrected chi connectivity index (χ4v) is 1.97. The van der Waals surface area contributed by atoms with Gasteiger partial charge in [0.25, 0.3) is 0 Å². The van der Waals surface area contributed by atoms with Crippen LogP contribution in [-0.4, -0.2) is 79.5 Å². The minimum Gasteiger partial charge on any atom is -0.339 e. The molecule has 1 N–H and O–H groups in total. The Hall–Kier alpha value is -1.30.